The van der Waals surface area contributed by atoms with Crippen molar-refractivity contribution in [1.82, 2.24) is 106 Å². The monoisotopic (exact) mass is 2130 g/mol. The molecule has 1 aliphatic rings. The smallest absolute Gasteiger partial charge is 0.480 e. The summed E-state index contributed by atoms with van der Waals surface area (Å²) in [5.41, 5.74) is 50.2. The molecule has 1 saturated heterocycles. The second-order valence-electron chi connectivity index (χ2n) is 35.4. The molecule has 19 atom stereocenters. The maximum Gasteiger partial charge on any atom is 0.490 e. The Kier molecular flexibility index (Phi) is 65.1. The van der Waals surface area contributed by atoms with Crippen LogP contribution in [0, 0.1) is 16.7 Å². The van der Waals surface area contributed by atoms with Crippen molar-refractivity contribution < 1.29 is 149 Å². The molecule has 842 valence electrons. The fourth-order valence-electron chi connectivity index (χ4n) is 14.0. The lowest BCUT2D eigenvalue weighted by Crippen LogP contribution is -2.61. The molecule has 0 unspecified atom stereocenters. The number of nitrogens with two attached hydrogens (primary N) is 9. The van der Waals surface area contributed by atoms with Crippen LogP contribution in [0.15, 0.2) is 0 Å². The molecule has 1 aliphatic heterocycles. The van der Waals surface area contributed by atoms with E-state index < -0.39 is 302 Å². The average molecular weight is 2130 g/mol. The fourth-order valence-corrected chi connectivity index (χ4v) is 14.0. The van der Waals surface area contributed by atoms with Crippen LogP contribution in [-0.4, -0.2) is 371 Å². The summed E-state index contributed by atoms with van der Waals surface area (Å²) in [6.45, 7) is 6.06. The van der Waals surface area contributed by atoms with E-state index in [1.54, 1.807) is 13.8 Å². The quantitative estimate of drug-likeness (QED) is 0.0153. The predicted octanol–water partition coefficient (Wildman–Crippen LogP) is -14.0. The summed E-state index contributed by atoms with van der Waals surface area (Å²) in [5.74, 6) is -25.1. The first-order valence-electron chi connectivity index (χ1n) is 48.2. The zero-order valence-corrected chi connectivity index (χ0v) is 84.0. The fraction of sp³-hybridized carbons (Fsp3) is 0.721. The molecule has 148 heavy (non-hydrogen) atoms. The molecule has 0 aromatic heterocycles. The molecular weight excluding hydrogens is 1970 g/mol. The minimum atomic E-state index is -5.08. The number of unbranched alkanes of at least 4 members (excludes halogenated alkanes) is 4. The number of rotatable bonds is 72. The number of halogens is 3. The maximum absolute atomic E-state index is 14.6. The van der Waals surface area contributed by atoms with Gasteiger partial charge in [-0.15, -0.1) is 0 Å². The Labute approximate surface area is 851 Å². The molecule has 0 aliphatic carbocycles. The number of aliphatic hydroxyl groups excluding tert-OH is 4. The Morgan fingerprint density at radius 2 is 0.689 bits per heavy atom. The van der Waals surface area contributed by atoms with E-state index in [0.717, 1.165) is 18.7 Å². The van der Waals surface area contributed by atoms with E-state index in [1.807, 2.05) is 0 Å². The van der Waals surface area contributed by atoms with Gasteiger partial charge in [0, 0.05) is 32.5 Å². The zero-order valence-electron chi connectivity index (χ0n) is 84.0. The Bertz CT molecular complexity index is 4400. The first-order chi connectivity index (χ1) is 69.4. The third-order valence-electron chi connectivity index (χ3n) is 22.2. The summed E-state index contributed by atoms with van der Waals surface area (Å²) < 4.78 is 31.7. The third kappa shape index (κ3) is 54.7. The third-order valence-corrected chi connectivity index (χ3v) is 22.2. The Balaban J connectivity index is 0.0000297. The van der Waals surface area contributed by atoms with Crippen LogP contribution in [0.1, 0.15) is 196 Å². The number of aliphatic carboxylic acids is 2. The molecule has 0 bridgehead atoms. The molecule has 0 aromatic rings. The van der Waals surface area contributed by atoms with E-state index in [0.29, 0.717) is 32.1 Å². The molecule has 1 fully saturated rings. The number of carboxylic acids is 2. The van der Waals surface area contributed by atoms with Gasteiger partial charge in [0.1, 0.15) is 96.7 Å². The molecule has 62 heteroatoms. The van der Waals surface area contributed by atoms with Gasteiger partial charge in [0.25, 0.3) is 0 Å². The van der Waals surface area contributed by atoms with E-state index in [-0.39, 0.29) is 154 Å². The number of alkyl halides is 3. The number of nitrogens with one attached hydrogen (secondary N) is 21. The molecule has 0 spiro atoms. The Morgan fingerprint density at radius 1 is 0.365 bits per heavy atom. The van der Waals surface area contributed by atoms with E-state index in [1.165, 1.54) is 20.8 Å². The SMILES string of the molecule is CC(C)C[C@H](NC(=O)[C@H](CCC(N)=O)NC(=O)[C@H](CCCCN)NC(=O)[C@H](CCCNC(=N)N)NC(=O)[C@@H]1CCCN1C(=O)[C@H](C)NC(=O)[C@H](CCCCN)NC(=O)CNC(=O)CNC(=O)[C@@H](NC(=O)[C@H](CO)NC(=O)[C@H](CCCCN)NC(=O)[C@H](CCCNC(=N)N)NC(=O)[C@H](C)NC(=O)[C@@H](NC(=O)[C@@H](N)CCC(N)=O)[C@@H](C)O)[C@@H](C)O)C(=O)N[C@@H](C)C(=O)N[C@@H](CO)C(=O)N[C@@H](CCCCN)C(=O)O.O=C(O)C(F)(F)F. The van der Waals surface area contributed by atoms with Crippen molar-refractivity contribution >= 4 is 142 Å². The van der Waals surface area contributed by atoms with Crippen molar-refractivity contribution in [3.63, 3.8) is 0 Å². The van der Waals surface area contributed by atoms with Gasteiger partial charge in [0.15, 0.2) is 11.9 Å². The standard InChI is InChI=1S/C84H153N31O26.C2HF3O2/c1-42(2)37-56(75(133)100-43(3)67(125)111-57(40-116)76(134)109-55(82(140)141)22-11-15-33-88)110-74(132)54(27-29-61(91)121)107-70(128)50(20-9-13-31-86)105-72(130)53(24-17-35-97-84(94)95)108-78(136)59-25-18-36-115(59)81(139)45(5)102-69(127)49(19-8-12-30-85)103-63(123)39-98-62(122)38-99-79(137)64(46(6)118)114-77(135)58(41-117)112-73(131)51(21-10-14-32-87)106-71(129)52(23-16-34-96-83(92)93)104-66(124)44(4)101-80(138)65(47(7)119)113-68(126)48(89)26-28-60(90)120;3-2(4,5)1(6)7/h42-59,64-65,116-119H,8-41,85-89H2,1-7H3,(H2,90,120)(H2,91,121)(H,98,122)(H,99,137)(H,100,133)(H,101,138)(H,102,127)(H,103,123)(H,104,124)(H,105,130)(H,106,129)(H,107,128)(H,108,136)(H,109,134)(H,110,132)(H,111,125)(H,112,131)(H,113,126)(H,114,135)(H,140,141)(H4,92,93,96)(H4,94,95,97);(H,6,7)/t43-,44-,45-,46+,47+,48-,49-,50-,51-,52-,53-,54-,55-,56-,57-,58-,59-,64-,65-;/m0./s1. The van der Waals surface area contributed by atoms with E-state index >= 15 is 0 Å². The van der Waals surface area contributed by atoms with Crippen LogP contribution in [0.3, 0.4) is 0 Å². The highest BCUT2D eigenvalue weighted by Crippen LogP contribution is 2.21. The van der Waals surface area contributed by atoms with Crippen LogP contribution >= 0.6 is 0 Å². The average Bonchev–Trinajstić information content (AvgIpc) is 1.67. The van der Waals surface area contributed by atoms with Gasteiger partial charge in [-0.3, -0.25) is 107 Å². The van der Waals surface area contributed by atoms with Gasteiger partial charge in [-0.05, 0) is 202 Å². The minimum absolute atomic E-state index is 0.00184. The van der Waals surface area contributed by atoms with Gasteiger partial charge in [-0.1, -0.05) is 13.8 Å². The van der Waals surface area contributed by atoms with Crippen LogP contribution in [-0.2, 0) is 105 Å². The minimum Gasteiger partial charge on any atom is -0.480 e. The van der Waals surface area contributed by atoms with Crippen molar-refractivity contribution in [2.24, 2.45) is 57.5 Å². The van der Waals surface area contributed by atoms with Gasteiger partial charge in [-0.25, -0.2) is 9.59 Å². The molecule has 59 nitrogen and oxygen atoms in total. The van der Waals surface area contributed by atoms with E-state index in [4.69, 9.17) is 72.3 Å². The zero-order chi connectivity index (χ0) is 113. The molecule has 20 amide bonds. The van der Waals surface area contributed by atoms with Crippen LogP contribution in [0.25, 0.3) is 0 Å². The molecule has 0 saturated carbocycles. The molecule has 45 N–H and O–H groups in total. The topological polar surface area (TPSA) is 1010 Å². The number of aliphatic hydroxyl groups is 4. The summed E-state index contributed by atoms with van der Waals surface area (Å²) in [5, 5.41) is 119. The first-order valence-corrected chi connectivity index (χ1v) is 48.2. The number of carbonyl (C=O) groups is 22. The number of guanidine groups is 2. The van der Waals surface area contributed by atoms with Crippen LogP contribution in [0.4, 0.5) is 13.2 Å². The summed E-state index contributed by atoms with van der Waals surface area (Å²) >= 11 is 0. The Morgan fingerprint density at radius 3 is 1.09 bits per heavy atom. The number of hydrogen-bond donors (Lipinski definition) is 36. The van der Waals surface area contributed by atoms with Crippen molar-refractivity contribution in [3.8, 4) is 0 Å². The van der Waals surface area contributed by atoms with Gasteiger partial charge < -0.3 is 188 Å². The lowest BCUT2D eigenvalue weighted by Gasteiger charge is -2.30. The maximum atomic E-state index is 14.6. The van der Waals surface area contributed by atoms with Crippen molar-refractivity contribution in [3.05, 3.63) is 0 Å². The second-order valence-corrected chi connectivity index (χ2v) is 35.4. The van der Waals surface area contributed by atoms with Crippen LogP contribution in [0.2, 0.25) is 0 Å². The van der Waals surface area contributed by atoms with Crippen molar-refractivity contribution in [2.75, 3.05) is 72.1 Å². The number of hydrogen-bond acceptors (Lipinski definition) is 33. The molecule has 1 rings (SSSR count). The molecule has 0 aromatic carbocycles. The summed E-state index contributed by atoms with van der Waals surface area (Å²) in [4.78, 5) is 294. The summed E-state index contributed by atoms with van der Waals surface area (Å²) in [6.07, 6.45) is -7.94. The summed E-state index contributed by atoms with van der Waals surface area (Å²) in [7, 11) is 0. The highest BCUT2D eigenvalue weighted by molar-refractivity contribution is 6.02. The van der Waals surface area contributed by atoms with Gasteiger partial charge >= 0.3 is 18.1 Å². The largest absolute Gasteiger partial charge is 0.490 e. The molecular formula is C86H154F3N31O28. The number of amides is 20. The van der Waals surface area contributed by atoms with E-state index in [2.05, 4.69) is 101 Å². The molecule has 1 heterocycles. The van der Waals surface area contributed by atoms with Crippen LogP contribution in [0.5, 0.6) is 0 Å². The van der Waals surface area contributed by atoms with E-state index in [9.17, 15) is 139 Å². The first kappa shape index (κ1) is 134. The highest BCUT2D eigenvalue weighted by atomic mass is 19.4. The van der Waals surface area contributed by atoms with Gasteiger partial charge in [0.2, 0.25) is 118 Å². The lowest BCUT2D eigenvalue weighted by molar-refractivity contribution is -0.192. The number of nitrogens with zero attached hydrogens (tertiary/aromatic N) is 1. The van der Waals surface area contributed by atoms with Crippen molar-refractivity contribution in [1.29, 1.82) is 10.8 Å². The number of likely N-dealkylation sites (tertiary alicyclic amines) is 1. The Hall–Kier alpha value is -13.7. The number of primary amides is 2. The summed E-state index contributed by atoms with van der Waals surface area (Å²) in [6, 6.07) is -26.0. The molecule has 0 radical (unpaired) electrons. The lowest BCUT2D eigenvalue weighted by atomic mass is 10.0. The number of carbonyl (C=O) groups excluding carboxylic acids is 20. The van der Waals surface area contributed by atoms with Crippen molar-refractivity contribution in [2.45, 2.75) is 317 Å². The normalized spacial score (nSPS) is 15.8. The van der Waals surface area contributed by atoms with Crippen LogP contribution < -0.4 is 153 Å². The van der Waals surface area contributed by atoms with Gasteiger partial charge in [-0.2, -0.15) is 13.2 Å². The van der Waals surface area contributed by atoms with Gasteiger partial charge in [0.05, 0.1) is 44.6 Å². The number of carboxylic acid groups (broad SMARTS) is 2. The highest BCUT2D eigenvalue weighted by Gasteiger charge is 2.43. The second kappa shape index (κ2) is 71.8. The predicted molar refractivity (Wildman–Crippen MR) is 520 cm³/mol.